The average molecular weight is 369 g/mol. The minimum Gasteiger partial charge on any atom is -0.207 e. The van der Waals surface area contributed by atoms with E-state index in [-0.39, 0.29) is 5.56 Å². The van der Waals surface area contributed by atoms with E-state index in [0.29, 0.717) is 12.1 Å². The summed E-state index contributed by atoms with van der Waals surface area (Å²) in [5, 5.41) is 0. The summed E-state index contributed by atoms with van der Waals surface area (Å²) in [5.41, 5.74) is -1.12. The first-order valence-electron chi connectivity index (χ1n) is 5.66. The summed E-state index contributed by atoms with van der Waals surface area (Å²) in [4.78, 5) is -1.03. The molecule has 0 N–H and O–H groups in total. The normalized spacial score (nSPS) is 13.3. The summed E-state index contributed by atoms with van der Waals surface area (Å²) in [7, 11) is 0. The van der Waals surface area contributed by atoms with Crippen LogP contribution in [0, 0.1) is 17.5 Å². The Bertz CT molecular complexity index is 624. The maximum absolute atomic E-state index is 13.6. The molecule has 1 atom stereocenters. The number of hydrogen-bond donors (Lipinski definition) is 0. The Labute approximate surface area is 124 Å². The fourth-order valence-corrected chi connectivity index (χ4v) is 2.55. The van der Waals surface area contributed by atoms with Gasteiger partial charge in [0.25, 0.3) is 0 Å². The van der Waals surface area contributed by atoms with Gasteiger partial charge >= 0.3 is 6.18 Å². The number of benzene rings is 2. The van der Waals surface area contributed by atoms with Crippen LogP contribution in [0.1, 0.15) is 21.5 Å². The van der Waals surface area contributed by atoms with E-state index in [1.165, 1.54) is 0 Å². The molecule has 0 heterocycles. The molecule has 112 valence electrons. The Kier molecular flexibility index (Phi) is 4.32. The van der Waals surface area contributed by atoms with Gasteiger partial charge in [-0.2, -0.15) is 13.2 Å². The molecule has 1 unspecified atom stereocenters. The zero-order valence-corrected chi connectivity index (χ0v) is 11.8. The SMILES string of the molecule is Fc1cc(F)c(C(Br)c2ccc(C(F)(F)F)cc2)c(F)c1. The van der Waals surface area contributed by atoms with E-state index in [9.17, 15) is 26.3 Å². The van der Waals surface area contributed by atoms with Crippen LogP contribution in [0.25, 0.3) is 0 Å². The largest absolute Gasteiger partial charge is 0.416 e. The van der Waals surface area contributed by atoms with Gasteiger partial charge in [0.1, 0.15) is 17.5 Å². The van der Waals surface area contributed by atoms with E-state index in [0.717, 1.165) is 24.3 Å². The maximum atomic E-state index is 13.6. The topological polar surface area (TPSA) is 0 Å². The van der Waals surface area contributed by atoms with Crippen molar-refractivity contribution in [3.05, 3.63) is 70.5 Å². The summed E-state index contributed by atoms with van der Waals surface area (Å²) in [6.07, 6.45) is -4.49. The smallest absolute Gasteiger partial charge is 0.207 e. The molecule has 7 heteroatoms. The molecule has 2 aromatic rings. The van der Waals surface area contributed by atoms with Crippen molar-refractivity contribution >= 4 is 15.9 Å². The molecule has 2 aromatic carbocycles. The molecule has 0 spiro atoms. The van der Waals surface area contributed by atoms with Crippen molar-refractivity contribution in [1.82, 2.24) is 0 Å². The molecule has 0 bridgehead atoms. The van der Waals surface area contributed by atoms with Gasteiger partial charge in [-0.3, -0.25) is 0 Å². The zero-order valence-electron chi connectivity index (χ0n) is 10.2. The molecule has 0 aromatic heterocycles. The standard InChI is InChI=1S/C14H7BrF6/c15-13(12-10(17)5-9(16)6-11(12)18)7-1-3-8(4-2-7)14(19,20)21/h1-6,13H. The molecular formula is C14H7BrF6. The molecule has 0 amide bonds. The molecule has 21 heavy (non-hydrogen) atoms. The summed E-state index contributed by atoms with van der Waals surface area (Å²) in [5.74, 6) is -3.30. The van der Waals surface area contributed by atoms with Gasteiger partial charge in [-0.05, 0) is 17.7 Å². The zero-order chi connectivity index (χ0) is 15.8. The van der Waals surface area contributed by atoms with Crippen molar-refractivity contribution in [2.45, 2.75) is 11.0 Å². The van der Waals surface area contributed by atoms with Gasteiger partial charge < -0.3 is 0 Å². The molecule has 0 fully saturated rings. The van der Waals surface area contributed by atoms with Crippen molar-refractivity contribution in [3.8, 4) is 0 Å². The lowest BCUT2D eigenvalue weighted by molar-refractivity contribution is -0.137. The molecule has 0 aliphatic carbocycles. The van der Waals surface area contributed by atoms with Crippen LogP contribution in [0.5, 0.6) is 0 Å². The summed E-state index contributed by atoms with van der Waals surface area (Å²) >= 11 is 3.01. The number of hydrogen-bond acceptors (Lipinski definition) is 0. The monoisotopic (exact) mass is 368 g/mol. The van der Waals surface area contributed by atoms with Crippen LogP contribution in [0.2, 0.25) is 0 Å². The van der Waals surface area contributed by atoms with Crippen molar-refractivity contribution < 1.29 is 26.3 Å². The van der Waals surface area contributed by atoms with E-state index in [1.54, 1.807) is 0 Å². The first kappa shape index (κ1) is 15.9. The van der Waals surface area contributed by atoms with E-state index >= 15 is 0 Å². The third-order valence-corrected chi connectivity index (χ3v) is 3.81. The lowest BCUT2D eigenvalue weighted by atomic mass is 10.0. The highest BCUT2D eigenvalue weighted by atomic mass is 79.9. The highest BCUT2D eigenvalue weighted by Gasteiger charge is 2.30. The second-order valence-corrected chi connectivity index (χ2v) is 5.18. The highest BCUT2D eigenvalue weighted by Crippen LogP contribution is 2.36. The van der Waals surface area contributed by atoms with Gasteiger partial charge in [0.15, 0.2) is 0 Å². The fourth-order valence-electron chi connectivity index (χ4n) is 1.80. The molecule has 0 aliphatic rings. The first-order chi connectivity index (χ1) is 9.70. The highest BCUT2D eigenvalue weighted by molar-refractivity contribution is 9.09. The Morgan fingerprint density at radius 1 is 0.857 bits per heavy atom. The molecule has 0 saturated heterocycles. The minimum atomic E-state index is -4.49. The Hall–Kier alpha value is -1.50. The quantitative estimate of drug-likeness (QED) is 0.477. The van der Waals surface area contributed by atoms with Crippen LogP contribution in [-0.4, -0.2) is 0 Å². The van der Waals surface area contributed by atoms with Gasteiger partial charge in [-0.15, -0.1) is 0 Å². The van der Waals surface area contributed by atoms with Gasteiger partial charge in [0.2, 0.25) is 0 Å². The molecule has 0 nitrogen and oxygen atoms in total. The van der Waals surface area contributed by atoms with Gasteiger partial charge in [0.05, 0.1) is 10.4 Å². The van der Waals surface area contributed by atoms with Crippen LogP contribution in [0.4, 0.5) is 26.3 Å². The molecule has 0 radical (unpaired) electrons. The van der Waals surface area contributed by atoms with Gasteiger partial charge in [-0.25, -0.2) is 13.2 Å². The first-order valence-corrected chi connectivity index (χ1v) is 6.57. The van der Waals surface area contributed by atoms with E-state index in [2.05, 4.69) is 15.9 Å². The fraction of sp³-hybridized carbons (Fsp3) is 0.143. The number of halogens is 7. The number of alkyl halides is 4. The minimum absolute atomic E-state index is 0.215. The van der Waals surface area contributed by atoms with E-state index in [4.69, 9.17) is 0 Å². The second-order valence-electron chi connectivity index (χ2n) is 4.27. The lowest BCUT2D eigenvalue weighted by Gasteiger charge is -2.14. The van der Waals surface area contributed by atoms with Crippen LogP contribution in [-0.2, 0) is 6.18 Å². The summed E-state index contributed by atoms with van der Waals surface area (Å²) in [6, 6.07) is 4.84. The number of rotatable bonds is 2. The van der Waals surface area contributed by atoms with Crippen molar-refractivity contribution in [1.29, 1.82) is 0 Å². The average Bonchev–Trinajstić information content (AvgIpc) is 2.36. The molecule has 0 aliphatic heterocycles. The Balaban J connectivity index is 2.39. The van der Waals surface area contributed by atoms with Crippen LogP contribution in [0.3, 0.4) is 0 Å². The van der Waals surface area contributed by atoms with E-state index < -0.39 is 39.6 Å². The maximum Gasteiger partial charge on any atom is 0.416 e. The Morgan fingerprint density at radius 3 is 1.76 bits per heavy atom. The van der Waals surface area contributed by atoms with Gasteiger partial charge in [0, 0.05) is 17.7 Å². The van der Waals surface area contributed by atoms with Crippen molar-refractivity contribution in [2.24, 2.45) is 0 Å². The lowest BCUT2D eigenvalue weighted by Crippen LogP contribution is -2.06. The summed E-state index contributed by atoms with van der Waals surface area (Å²) in [6.45, 7) is 0. The van der Waals surface area contributed by atoms with Crippen molar-refractivity contribution in [2.75, 3.05) is 0 Å². The van der Waals surface area contributed by atoms with Gasteiger partial charge in [-0.1, -0.05) is 28.1 Å². The van der Waals surface area contributed by atoms with E-state index in [1.807, 2.05) is 0 Å². The van der Waals surface area contributed by atoms with Crippen LogP contribution >= 0.6 is 15.9 Å². The molecular weight excluding hydrogens is 362 g/mol. The molecule has 2 rings (SSSR count). The second kappa shape index (κ2) is 5.71. The predicted molar refractivity (Wildman–Crippen MR) is 68.5 cm³/mol. The van der Waals surface area contributed by atoms with Crippen LogP contribution < -0.4 is 0 Å². The van der Waals surface area contributed by atoms with Crippen molar-refractivity contribution in [3.63, 3.8) is 0 Å². The summed E-state index contributed by atoms with van der Waals surface area (Å²) < 4.78 is 77.4. The molecule has 0 saturated carbocycles. The third-order valence-electron chi connectivity index (χ3n) is 2.83. The predicted octanol–water partition coefficient (Wildman–Crippen LogP) is 5.61. The third kappa shape index (κ3) is 3.40. The Morgan fingerprint density at radius 2 is 1.33 bits per heavy atom. The van der Waals surface area contributed by atoms with Crippen LogP contribution in [0.15, 0.2) is 36.4 Å².